The quantitative estimate of drug-likeness (QED) is 0.451. The van der Waals surface area contributed by atoms with Crippen LogP contribution in [-0.2, 0) is 4.79 Å². The van der Waals surface area contributed by atoms with Gasteiger partial charge in [0, 0.05) is 12.1 Å². The normalized spacial score (nSPS) is 10.8. The number of aliphatic imine (C=N–C) groups is 2. The summed E-state index contributed by atoms with van der Waals surface area (Å²) in [6, 6.07) is 6.88. The molecule has 0 saturated heterocycles. The van der Waals surface area contributed by atoms with Gasteiger partial charge in [-0.25, -0.2) is 4.99 Å². The van der Waals surface area contributed by atoms with E-state index in [0.29, 0.717) is 17.8 Å². The Kier molecular flexibility index (Phi) is 4.67. The second kappa shape index (κ2) is 6.24. The number of amides is 1. The van der Waals surface area contributed by atoms with E-state index >= 15 is 0 Å². The van der Waals surface area contributed by atoms with Crippen molar-refractivity contribution >= 4 is 29.2 Å². The molecule has 1 aromatic carbocycles. The van der Waals surface area contributed by atoms with E-state index in [1.165, 1.54) is 0 Å². The molecule has 0 aromatic heterocycles. The van der Waals surface area contributed by atoms with Crippen LogP contribution in [0.25, 0.3) is 0 Å². The van der Waals surface area contributed by atoms with E-state index in [9.17, 15) is 4.79 Å². The van der Waals surface area contributed by atoms with Crippen molar-refractivity contribution in [3.63, 3.8) is 0 Å². The molecule has 0 saturated carbocycles. The lowest BCUT2D eigenvalue weighted by molar-refractivity contribution is -0.115. The Morgan fingerprint density at radius 1 is 1.33 bits per heavy atom. The third kappa shape index (κ3) is 4.52. The molecule has 7 N–H and O–H groups in total. The number of hydrogen-bond acceptors (Lipinski definition) is 2. The maximum Gasteiger partial charge on any atom is 0.224 e. The highest BCUT2D eigenvalue weighted by atomic mass is 16.1. The van der Waals surface area contributed by atoms with Crippen LogP contribution in [0.1, 0.15) is 13.3 Å². The summed E-state index contributed by atoms with van der Waals surface area (Å²) < 4.78 is 0. The molecule has 18 heavy (non-hydrogen) atoms. The van der Waals surface area contributed by atoms with Gasteiger partial charge in [-0.05, 0) is 18.2 Å². The molecule has 0 aliphatic heterocycles. The van der Waals surface area contributed by atoms with Gasteiger partial charge < -0.3 is 22.5 Å². The molecule has 0 bridgehead atoms. The second-order valence-electron chi connectivity index (χ2n) is 3.46. The molecule has 0 unspecified atom stereocenters. The molecule has 7 heteroatoms. The van der Waals surface area contributed by atoms with Gasteiger partial charge in [0.25, 0.3) is 0 Å². The number of rotatable bonds is 3. The van der Waals surface area contributed by atoms with Crippen molar-refractivity contribution in [2.24, 2.45) is 27.2 Å². The Balaban J connectivity index is 2.89. The summed E-state index contributed by atoms with van der Waals surface area (Å²) in [5.74, 6) is -0.283. The summed E-state index contributed by atoms with van der Waals surface area (Å²) in [6.45, 7) is 1.77. The summed E-state index contributed by atoms with van der Waals surface area (Å²) in [5.41, 5.74) is 17.0. The highest BCUT2D eigenvalue weighted by molar-refractivity contribution is 5.94. The van der Waals surface area contributed by atoms with Crippen molar-refractivity contribution in [2.45, 2.75) is 13.3 Å². The van der Waals surface area contributed by atoms with Crippen molar-refractivity contribution in [1.82, 2.24) is 0 Å². The van der Waals surface area contributed by atoms with Gasteiger partial charge in [-0.1, -0.05) is 13.0 Å². The lowest BCUT2D eigenvalue weighted by Crippen LogP contribution is -2.26. The van der Waals surface area contributed by atoms with Crippen LogP contribution in [0.15, 0.2) is 34.3 Å². The SMILES string of the molecule is CCC(=O)Nc1cccc(N=C(N)N=C(N)N)c1. The molecule has 1 aromatic rings. The number of nitrogens with zero attached hydrogens (tertiary/aromatic N) is 2. The van der Waals surface area contributed by atoms with E-state index in [1.54, 1.807) is 31.2 Å². The average molecular weight is 248 g/mol. The van der Waals surface area contributed by atoms with Crippen LogP contribution in [-0.4, -0.2) is 17.8 Å². The summed E-state index contributed by atoms with van der Waals surface area (Å²) in [6.07, 6.45) is 0.406. The molecule has 96 valence electrons. The third-order valence-corrected chi connectivity index (χ3v) is 1.94. The summed E-state index contributed by atoms with van der Waals surface area (Å²) in [4.78, 5) is 18.8. The Morgan fingerprint density at radius 2 is 2.06 bits per heavy atom. The lowest BCUT2D eigenvalue weighted by atomic mass is 10.2. The van der Waals surface area contributed by atoms with Gasteiger partial charge >= 0.3 is 0 Å². The lowest BCUT2D eigenvalue weighted by Gasteiger charge is -2.04. The Morgan fingerprint density at radius 3 is 2.67 bits per heavy atom. The van der Waals surface area contributed by atoms with Crippen molar-refractivity contribution in [2.75, 3.05) is 5.32 Å². The largest absolute Gasteiger partial charge is 0.370 e. The first-order chi connectivity index (χ1) is 8.51. The number of nitrogens with one attached hydrogen (secondary N) is 1. The minimum Gasteiger partial charge on any atom is -0.370 e. The molecule has 0 fully saturated rings. The van der Waals surface area contributed by atoms with Gasteiger partial charge in [0.05, 0.1) is 5.69 Å². The zero-order valence-corrected chi connectivity index (χ0v) is 10.1. The summed E-state index contributed by atoms with van der Waals surface area (Å²) in [5, 5.41) is 2.71. The number of carbonyl (C=O) groups excluding carboxylic acids is 1. The standard InChI is InChI=1S/C11H16N6O/c1-2-9(18)15-7-4-3-5-8(6-7)16-11(14)17-10(12)13/h3-6H,2H2,1H3,(H,15,18)(H6,12,13,14,16,17). The average Bonchev–Trinajstić information content (AvgIpc) is 2.28. The topological polar surface area (TPSA) is 132 Å². The van der Waals surface area contributed by atoms with Gasteiger partial charge in [0.2, 0.25) is 11.9 Å². The fourth-order valence-electron chi connectivity index (χ4n) is 1.19. The Bertz CT molecular complexity index is 490. The van der Waals surface area contributed by atoms with Crippen LogP contribution < -0.4 is 22.5 Å². The molecule has 0 spiro atoms. The highest BCUT2D eigenvalue weighted by Crippen LogP contribution is 2.18. The van der Waals surface area contributed by atoms with E-state index < -0.39 is 0 Å². The summed E-state index contributed by atoms with van der Waals surface area (Å²) in [7, 11) is 0. The molecular weight excluding hydrogens is 232 g/mol. The number of nitrogens with two attached hydrogens (primary N) is 3. The van der Waals surface area contributed by atoms with Crippen molar-refractivity contribution in [3.8, 4) is 0 Å². The van der Waals surface area contributed by atoms with E-state index in [0.717, 1.165) is 0 Å². The maximum atomic E-state index is 11.2. The fourth-order valence-corrected chi connectivity index (χ4v) is 1.19. The van der Waals surface area contributed by atoms with E-state index in [4.69, 9.17) is 17.2 Å². The zero-order valence-electron chi connectivity index (χ0n) is 10.1. The van der Waals surface area contributed by atoms with Crippen LogP contribution in [0.2, 0.25) is 0 Å². The highest BCUT2D eigenvalue weighted by Gasteiger charge is 2.00. The molecule has 0 heterocycles. The van der Waals surface area contributed by atoms with Crippen molar-refractivity contribution < 1.29 is 4.79 Å². The Labute approximate surface area is 105 Å². The monoisotopic (exact) mass is 248 g/mol. The van der Waals surface area contributed by atoms with Crippen LogP contribution in [0.4, 0.5) is 11.4 Å². The second-order valence-corrected chi connectivity index (χ2v) is 3.46. The first kappa shape index (κ1) is 13.5. The van der Waals surface area contributed by atoms with Crippen molar-refractivity contribution in [3.05, 3.63) is 24.3 Å². The molecular formula is C11H16N6O. The smallest absolute Gasteiger partial charge is 0.224 e. The van der Waals surface area contributed by atoms with E-state index in [-0.39, 0.29) is 17.8 Å². The number of hydrogen-bond donors (Lipinski definition) is 4. The minimum atomic E-state index is -0.160. The van der Waals surface area contributed by atoms with Gasteiger partial charge in [0.15, 0.2) is 5.96 Å². The van der Waals surface area contributed by atoms with Crippen molar-refractivity contribution in [1.29, 1.82) is 0 Å². The van der Waals surface area contributed by atoms with Gasteiger partial charge in [-0.15, -0.1) is 0 Å². The van der Waals surface area contributed by atoms with Crippen LogP contribution in [0.5, 0.6) is 0 Å². The Hall–Kier alpha value is -2.57. The van der Waals surface area contributed by atoms with Gasteiger partial charge in [-0.2, -0.15) is 4.99 Å². The molecule has 0 aliphatic rings. The van der Waals surface area contributed by atoms with Gasteiger partial charge in [-0.3, -0.25) is 4.79 Å². The minimum absolute atomic E-state index is 0.0473. The molecule has 1 amide bonds. The first-order valence-corrected chi connectivity index (χ1v) is 5.35. The number of anilines is 1. The van der Waals surface area contributed by atoms with E-state index in [2.05, 4.69) is 15.3 Å². The molecule has 1 rings (SSSR count). The number of benzene rings is 1. The van der Waals surface area contributed by atoms with Crippen LogP contribution in [0, 0.1) is 0 Å². The number of carbonyl (C=O) groups is 1. The van der Waals surface area contributed by atoms with E-state index in [1.807, 2.05) is 0 Å². The first-order valence-electron chi connectivity index (χ1n) is 5.35. The molecule has 0 aliphatic carbocycles. The number of guanidine groups is 2. The zero-order chi connectivity index (χ0) is 13.5. The van der Waals surface area contributed by atoms with Crippen LogP contribution in [0.3, 0.4) is 0 Å². The molecule has 7 nitrogen and oxygen atoms in total. The molecule has 0 atom stereocenters. The third-order valence-electron chi connectivity index (χ3n) is 1.94. The van der Waals surface area contributed by atoms with Gasteiger partial charge in [0.1, 0.15) is 0 Å². The predicted molar refractivity (Wildman–Crippen MR) is 72.5 cm³/mol. The predicted octanol–water partition coefficient (Wildman–Crippen LogP) is 0.255. The maximum absolute atomic E-state index is 11.2. The van der Waals surface area contributed by atoms with Crippen LogP contribution >= 0.6 is 0 Å². The molecule has 0 radical (unpaired) electrons. The fraction of sp³-hybridized carbons (Fsp3) is 0.182. The summed E-state index contributed by atoms with van der Waals surface area (Å²) >= 11 is 0.